The fourth-order valence-electron chi connectivity index (χ4n) is 1.24. The van der Waals surface area contributed by atoms with E-state index in [9.17, 15) is 0 Å². The van der Waals surface area contributed by atoms with Gasteiger partial charge in [-0.25, -0.2) is 9.97 Å². The van der Waals surface area contributed by atoms with Crippen LogP contribution in [0.25, 0.3) is 0 Å². The first-order valence-corrected chi connectivity index (χ1v) is 5.03. The third-order valence-electron chi connectivity index (χ3n) is 2.13. The van der Waals surface area contributed by atoms with Gasteiger partial charge >= 0.3 is 0 Å². The lowest BCUT2D eigenvalue weighted by molar-refractivity contribution is 0.280. The van der Waals surface area contributed by atoms with Gasteiger partial charge in [0.1, 0.15) is 5.82 Å². The van der Waals surface area contributed by atoms with E-state index in [0.29, 0.717) is 13.0 Å². The van der Waals surface area contributed by atoms with Crippen LogP contribution in [0.5, 0.6) is 0 Å². The number of rotatable bonds is 6. The van der Waals surface area contributed by atoms with E-state index in [0.717, 1.165) is 18.9 Å². The summed E-state index contributed by atoms with van der Waals surface area (Å²) in [5.41, 5.74) is 5.31. The SMILES string of the molecule is CCN(CCC(=N)N)Cc1ncccn1. The molecule has 0 aliphatic rings. The number of hydrogen-bond donors (Lipinski definition) is 2. The summed E-state index contributed by atoms with van der Waals surface area (Å²) in [4.78, 5) is 10.5. The predicted octanol–water partition coefficient (Wildman–Crippen LogP) is 0.625. The first-order valence-electron chi connectivity index (χ1n) is 5.03. The molecule has 0 spiro atoms. The second-order valence-electron chi connectivity index (χ2n) is 3.31. The van der Waals surface area contributed by atoms with Crippen LogP contribution in [0.3, 0.4) is 0 Å². The minimum atomic E-state index is 0.224. The van der Waals surface area contributed by atoms with E-state index in [1.54, 1.807) is 18.5 Å². The molecule has 0 amide bonds. The molecule has 0 aliphatic carbocycles. The summed E-state index contributed by atoms with van der Waals surface area (Å²) in [6, 6.07) is 1.80. The van der Waals surface area contributed by atoms with E-state index in [2.05, 4.69) is 21.8 Å². The number of amidine groups is 1. The molecule has 0 unspecified atom stereocenters. The van der Waals surface area contributed by atoms with Crippen LogP contribution in [-0.2, 0) is 6.54 Å². The zero-order chi connectivity index (χ0) is 11.1. The highest BCUT2D eigenvalue weighted by molar-refractivity contribution is 5.76. The summed E-state index contributed by atoms with van der Waals surface area (Å²) in [7, 11) is 0. The van der Waals surface area contributed by atoms with Crippen molar-refractivity contribution in [3.05, 3.63) is 24.3 Å². The van der Waals surface area contributed by atoms with Gasteiger partial charge in [0.05, 0.1) is 12.4 Å². The van der Waals surface area contributed by atoms with Gasteiger partial charge in [-0.3, -0.25) is 10.3 Å². The molecule has 0 radical (unpaired) electrons. The molecule has 5 heteroatoms. The Morgan fingerprint density at radius 2 is 2.13 bits per heavy atom. The number of aromatic nitrogens is 2. The Morgan fingerprint density at radius 1 is 1.47 bits per heavy atom. The summed E-state index contributed by atoms with van der Waals surface area (Å²) in [6.07, 6.45) is 4.07. The third-order valence-corrected chi connectivity index (χ3v) is 2.13. The standard InChI is InChI=1S/C10H17N5/c1-2-15(7-4-9(11)12)8-10-13-5-3-6-14-10/h3,5-6H,2,4,7-8H2,1H3,(H3,11,12). The van der Waals surface area contributed by atoms with E-state index in [1.807, 2.05) is 0 Å². The zero-order valence-electron chi connectivity index (χ0n) is 8.98. The summed E-state index contributed by atoms with van der Waals surface area (Å²) in [6.45, 7) is 4.48. The maximum absolute atomic E-state index is 7.16. The molecule has 82 valence electrons. The van der Waals surface area contributed by atoms with Crippen LogP contribution in [0.15, 0.2) is 18.5 Å². The lowest BCUT2D eigenvalue weighted by Gasteiger charge is -2.18. The Morgan fingerprint density at radius 3 is 2.67 bits per heavy atom. The molecule has 1 rings (SSSR count). The smallest absolute Gasteiger partial charge is 0.142 e. The van der Waals surface area contributed by atoms with Gasteiger partial charge in [-0.2, -0.15) is 0 Å². The van der Waals surface area contributed by atoms with Gasteiger partial charge in [0, 0.05) is 25.4 Å². The molecule has 1 heterocycles. The highest BCUT2D eigenvalue weighted by Crippen LogP contribution is 1.98. The number of nitrogens with zero attached hydrogens (tertiary/aromatic N) is 3. The van der Waals surface area contributed by atoms with Crippen LogP contribution in [0.2, 0.25) is 0 Å². The molecule has 1 aromatic rings. The highest BCUT2D eigenvalue weighted by atomic mass is 15.1. The summed E-state index contributed by atoms with van der Waals surface area (Å²) < 4.78 is 0. The Bertz CT molecular complexity index is 298. The maximum Gasteiger partial charge on any atom is 0.142 e. The predicted molar refractivity (Wildman–Crippen MR) is 59.5 cm³/mol. The molecule has 5 nitrogen and oxygen atoms in total. The Labute approximate surface area is 89.8 Å². The Hall–Kier alpha value is -1.49. The molecule has 0 saturated carbocycles. The van der Waals surface area contributed by atoms with Crippen LogP contribution >= 0.6 is 0 Å². The molecular formula is C10H17N5. The molecule has 0 aromatic carbocycles. The van der Waals surface area contributed by atoms with Gasteiger partial charge in [0.25, 0.3) is 0 Å². The van der Waals surface area contributed by atoms with E-state index in [-0.39, 0.29) is 5.84 Å². The van der Waals surface area contributed by atoms with Crippen LogP contribution < -0.4 is 5.73 Å². The summed E-state index contributed by atoms with van der Waals surface area (Å²) in [5, 5.41) is 7.16. The zero-order valence-corrected chi connectivity index (χ0v) is 8.98. The van der Waals surface area contributed by atoms with Crippen LogP contribution in [0.1, 0.15) is 19.2 Å². The molecule has 15 heavy (non-hydrogen) atoms. The number of nitrogens with one attached hydrogen (secondary N) is 1. The van der Waals surface area contributed by atoms with Crippen molar-refractivity contribution in [1.29, 1.82) is 5.41 Å². The van der Waals surface area contributed by atoms with E-state index in [4.69, 9.17) is 11.1 Å². The normalized spacial score (nSPS) is 10.5. The monoisotopic (exact) mass is 207 g/mol. The van der Waals surface area contributed by atoms with Gasteiger partial charge in [-0.05, 0) is 12.6 Å². The summed E-state index contributed by atoms with van der Waals surface area (Å²) in [5.74, 6) is 1.03. The highest BCUT2D eigenvalue weighted by Gasteiger charge is 2.05. The molecule has 1 aromatic heterocycles. The van der Waals surface area contributed by atoms with Crippen molar-refractivity contribution in [2.45, 2.75) is 19.9 Å². The lowest BCUT2D eigenvalue weighted by atomic mass is 10.3. The molecule has 0 aliphatic heterocycles. The fraction of sp³-hybridized carbons (Fsp3) is 0.500. The van der Waals surface area contributed by atoms with Crippen molar-refractivity contribution in [3.8, 4) is 0 Å². The quantitative estimate of drug-likeness (QED) is 0.529. The molecular weight excluding hydrogens is 190 g/mol. The second-order valence-corrected chi connectivity index (χ2v) is 3.31. The Balaban J connectivity index is 2.43. The van der Waals surface area contributed by atoms with Gasteiger partial charge < -0.3 is 5.73 Å². The molecule has 0 saturated heterocycles. The minimum Gasteiger partial charge on any atom is -0.388 e. The fourth-order valence-corrected chi connectivity index (χ4v) is 1.24. The molecule has 0 fully saturated rings. The largest absolute Gasteiger partial charge is 0.388 e. The average Bonchev–Trinajstić information content (AvgIpc) is 2.25. The maximum atomic E-state index is 7.16. The minimum absolute atomic E-state index is 0.224. The van der Waals surface area contributed by atoms with Gasteiger partial charge in [0.2, 0.25) is 0 Å². The molecule has 3 N–H and O–H groups in total. The second kappa shape index (κ2) is 6.08. The van der Waals surface area contributed by atoms with Crippen LogP contribution in [0, 0.1) is 5.41 Å². The molecule has 0 atom stereocenters. The van der Waals surface area contributed by atoms with E-state index < -0.39 is 0 Å². The summed E-state index contributed by atoms with van der Waals surface area (Å²) >= 11 is 0. The average molecular weight is 207 g/mol. The van der Waals surface area contributed by atoms with Crippen LogP contribution in [-0.4, -0.2) is 33.8 Å². The van der Waals surface area contributed by atoms with Crippen molar-refractivity contribution in [1.82, 2.24) is 14.9 Å². The first-order chi connectivity index (χ1) is 7.22. The van der Waals surface area contributed by atoms with Gasteiger partial charge in [-0.15, -0.1) is 0 Å². The van der Waals surface area contributed by atoms with Gasteiger partial charge in [-0.1, -0.05) is 6.92 Å². The topological polar surface area (TPSA) is 78.9 Å². The van der Waals surface area contributed by atoms with E-state index >= 15 is 0 Å². The number of nitrogens with two attached hydrogens (primary N) is 1. The van der Waals surface area contributed by atoms with Crippen molar-refractivity contribution < 1.29 is 0 Å². The third kappa shape index (κ3) is 4.51. The number of hydrogen-bond acceptors (Lipinski definition) is 4. The molecule has 0 bridgehead atoms. The van der Waals surface area contributed by atoms with Crippen molar-refractivity contribution in [2.24, 2.45) is 5.73 Å². The lowest BCUT2D eigenvalue weighted by Crippen LogP contribution is -2.28. The van der Waals surface area contributed by atoms with Crippen molar-refractivity contribution in [2.75, 3.05) is 13.1 Å². The van der Waals surface area contributed by atoms with Crippen LogP contribution in [0.4, 0.5) is 0 Å². The Kier molecular flexibility index (Phi) is 4.70. The first kappa shape index (κ1) is 11.6. The van der Waals surface area contributed by atoms with Crippen molar-refractivity contribution >= 4 is 5.84 Å². The van der Waals surface area contributed by atoms with Gasteiger partial charge in [0.15, 0.2) is 0 Å². The van der Waals surface area contributed by atoms with Crippen molar-refractivity contribution in [3.63, 3.8) is 0 Å². The van der Waals surface area contributed by atoms with E-state index in [1.165, 1.54) is 0 Å².